The minimum Gasteiger partial charge on any atom is -0.456 e. The molecule has 10 aromatic rings. The minimum atomic E-state index is -0.963. The van der Waals surface area contributed by atoms with Crippen molar-refractivity contribution in [3.63, 3.8) is 0 Å². The van der Waals surface area contributed by atoms with E-state index in [9.17, 15) is 9.60 Å². The largest absolute Gasteiger partial charge is 0.456 e. The molecule has 5 heteroatoms. The molecule has 0 saturated heterocycles. The molecule has 0 fully saturated rings. The lowest BCUT2D eigenvalue weighted by atomic mass is 10.0. The van der Waals surface area contributed by atoms with Crippen molar-refractivity contribution >= 4 is 43.7 Å². The van der Waals surface area contributed by atoms with Crippen LogP contribution < -0.4 is 0 Å². The van der Waals surface area contributed by atoms with Gasteiger partial charge in [0.2, 0.25) is 0 Å². The van der Waals surface area contributed by atoms with Crippen LogP contribution in [0.5, 0.6) is 0 Å². The van der Waals surface area contributed by atoms with Gasteiger partial charge in [0.05, 0.1) is 48.0 Å². The van der Waals surface area contributed by atoms with Gasteiger partial charge in [-0.15, -0.1) is 0 Å². The van der Waals surface area contributed by atoms with Gasteiger partial charge in [-0.05, 0) is 59.5 Å². The molecule has 50 heavy (non-hydrogen) atoms. The Kier molecular flexibility index (Phi) is 2.79. The second-order valence-corrected chi connectivity index (χ2v) is 10.4. The van der Waals surface area contributed by atoms with Gasteiger partial charge in [-0.25, -0.2) is 15.0 Å². The highest BCUT2D eigenvalue weighted by Gasteiger charge is 2.17. The summed E-state index contributed by atoms with van der Waals surface area (Å²) in [5, 5.41) is -1.86. The fourth-order valence-electron chi connectivity index (χ4n) is 5.32. The normalized spacial score (nSPS) is 19.2. The summed E-state index contributed by atoms with van der Waals surface area (Å²) in [5.74, 6) is -2.28. The van der Waals surface area contributed by atoms with Crippen LogP contribution in [-0.2, 0) is 0 Å². The number of furan rings is 1. The Morgan fingerprint density at radius 3 is 1.76 bits per heavy atom. The SMILES string of the molecule is [2H]c1cc(-c2nc(-c3c([2H])c([2H])c([2H])c(-c4c([2H])c([2H])c([2H])c([2H])c4[2H])c3[2H])nc(-c3c([2H])c([2H])c4c(oc5c([2H])c([2H])c(-n6c7c([2H])c([2H])c([2H])c([2H])c7c7c([2H])c([2H])c([2H])c([2H])c76)c([2H])c54)c3[2H])n2)c([2H])c([2H])c1[2H]. The maximum Gasteiger partial charge on any atom is 0.164 e. The Morgan fingerprint density at radius 2 is 1.00 bits per heavy atom. The summed E-state index contributed by atoms with van der Waals surface area (Å²) >= 11 is 0. The summed E-state index contributed by atoms with van der Waals surface area (Å²) in [6.45, 7) is 0. The molecule has 3 aromatic heterocycles. The van der Waals surface area contributed by atoms with E-state index in [0.717, 1.165) is 10.6 Å². The van der Waals surface area contributed by atoms with Gasteiger partial charge in [0.1, 0.15) is 11.2 Å². The Hall–Kier alpha value is -6.85. The van der Waals surface area contributed by atoms with Crippen molar-refractivity contribution < 1.29 is 41.4 Å². The van der Waals surface area contributed by atoms with Crippen LogP contribution in [0.2, 0.25) is 0 Å². The van der Waals surface area contributed by atoms with Crippen molar-refractivity contribution in [2.75, 3.05) is 0 Å². The number of benzene rings is 7. The first-order valence-corrected chi connectivity index (χ1v) is 14.5. The van der Waals surface area contributed by atoms with Crippen molar-refractivity contribution in [2.45, 2.75) is 0 Å². The Morgan fingerprint density at radius 1 is 0.400 bits per heavy atom. The van der Waals surface area contributed by atoms with Gasteiger partial charge >= 0.3 is 0 Å². The van der Waals surface area contributed by atoms with Gasteiger partial charge in [0.15, 0.2) is 17.5 Å². The predicted octanol–water partition coefficient (Wildman–Crippen LogP) is 11.5. The number of hydrogen-bond donors (Lipinski definition) is 0. The summed E-state index contributed by atoms with van der Waals surface area (Å²) < 4.78 is 244. The monoisotopic (exact) mass is 667 g/mol. The van der Waals surface area contributed by atoms with Crippen LogP contribution in [0.4, 0.5) is 0 Å². The molecule has 0 atom stereocenters. The van der Waals surface area contributed by atoms with E-state index in [1.807, 2.05) is 0 Å². The first kappa shape index (κ1) is 12.2. The lowest BCUT2D eigenvalue weighted by Gasteiger charge is -2.10. The molecule has 10 rings (SSSR count). The topological polar surface area (TPSA) is 56.7 Å². The van der Waals surface area contributed by atoms with Crippen molar-refractivity contribution in [3.8, 4) is 51.0 Å². The molecule has 0 aliphatic heterocycles. The molecule has 0 bridgehead atoms. The van der Waals surface area contributed by atoms with Gasteiger partial charge in [-0.3, -0.25) is 0 Å². The standard InChI is InChI=1S/C45H28N4O/c1-3-12-29(13-4-1)31-16-11-17-32(26-31)44-46-43(30-14-5-2-6-15-30)47-45(48-44)33-22-24-37-38-28-34(23-25-41(38)50-42(37)27-33)49-39-20-9-7-18-35(39)36-19-8-10-21-40(36)49/h1-28H/i1D,2D,3D,4D,5D,6D,7D,8D,9D,10D,11D,12D,13D,14D,16D,17D,18D,19D,20D,21D,22D,23D,24D,25D,26D,27D,28D. The van der Waals surface area contributed by atoms with E-state index >= 15 is 0 Å². The third-order valence-corrected chi connectivity index (χ3v) is 7.50. The van der Waals surface area contributed by atoms with Gasteiger partial charge in [-0.1, -0.05) is 121 Å². The zero-order chi connectivity index (χ0) is 56.5. The summed E-state index contributed by atoms with van der Waals surface area (Å²) in [5.41, 5.74) is -6.39. The highest BCUT2D eigenvalue weighted by Crippen LogP contribution is 2.37. The first-order chi connectivity index (χ1) is 36.0. The molecule has 0 aliphatic rings. The molecule has 0 radical (unpaired) electrons. The highest BCUT2D eigenvalue weighted by atomic mass is 16.3. The highest BCUT2D eigenvalue weighted by molar-refractivity contribution is 6.10. The minimum absolute atomic E-state index is 0.412. The number of rotatable bonds is 5. The molecule has 7 aromatic carbocycles. The molecule has 0 aliphatic carbocycles. The average molecular weight is 668 g/mol. The second kappa shape index (κ2) is 11.4. The summed E-state index contributed by atoms with van der Waals surface area (Å²) in [6, 6.07) is -21.5. The molecule has 0 saturated carbocycles. The summed E-state index contributed by atoms with van der Waals surface area (Å²) in [6.07, 6.45) is 0. The zero-order valence-corrected chi connectivity index (χ0v) is 24.8. The number of aromatic nitrogens is 4. The average Bonchev–Trinajstić information content (AvgIpc) is 4.21. The number of para-hydroxylation sites is 2. The Balaban J connectivity index is 1.32. The van der Waals surface area contributed by atoms with Crippen molar-refractivity contribution in [1.82, 2.24) is 19.5 Å². The summed E-state index contributed by atoms with van der Waals surface area (Å²) in [4.78, 5) is 13.0. The molecule has 234 valence electrons. The van der Waals surface area contributed by atoms with Crippen LogP contribution in [-0.4, -0.2) is 19.5 Å². The lowest BCUT2D eigenvalue weighted by Crippen LogP contribution is -2.00. The van der Waals surface area contributed by atoms with Crippen molar-refractivity contribution in [3.05, 3.63) is 169 Å². The van der Waals surface area contributed by atoms with E-state index in [1.165, 1.54) is 0 Å². The van der Waals surface area contributed by atoms with Gasteiger partial charge in [0, 0.05) is 43.9 Å². The van der Waals surface area contributed by atoms with E-state index in [1.54, 1.807) is 0 Å². The van der Waals surface area contributed by atoms with E-state index in [2.05, 4.69) is 15.0 Å². The van der Waals surface area contributed by atoms with E-state index in [0.29, 0.717) is 0 Å². The van der Waals surface area contributed by atoms with Crippen molar-refractivity contribution in [1.29, 1.82) is 0 Å². The molecule has 0 amide bonds. The van der Waals surface area contributed by atoms with Gasteiger partial charge in [-0.2, -0.15) is 0 Å². The molecular weight excluding hydrogens is 613 g/mol. The summed E-state index contributed by atoms with van der Waals surface area (Å²) in [7, 11) is 0. The van der Waals surface area contributed by atoms with E-state index < -0.39 is 258 Å². The number of nitrogens with zero attached hydrogens (tertiary/aromatic N) is 4. The molecule has 5 nitrogen and oxygen atoms in total. The first-order valence-electron chi connectivity index (χ1n) is 28.0. The maximum atomic E-state index is 9.64. The predicted molar refractivity (Wildman–Crippen MR) is 203 cm³/mol. The molecular formula is C45H28N4O. The molecule has 0 spiro atoms. The van der Waals surface area contributed by atoms with Gasteiger partial charge in [0.25, 0.3) is 0 Å². The maximum absolute atomic E-state index is 9.64. The van der Waals surface area contributed by atoms with Crippen LogP contribution in [0.1, 0.15) is 37.0 Å². The zero-order valence-electron chi connectivity index (χ0n) is 51.8. The van der Waals surface area contributed by atoms with Crippen LogP contribution in [0.3, 0.4) is 0 Å². The second-order valence-electron chi connectivity index (χ2n) is 10.4. The molecule has 0 N–H and O–H groups in total. The van der Waals surface area contributed by atoms with Crippen LogP contribution in [0.25, 0.3) is 94.7 Å². The van der Waals surface area contributed by atoms with Crippen molar-refractivity contribution in [2.24, 2.45) is 0 Å². The number of fused-ring (bicyclic) bond motifs is 6. The fourth-order valence-corrected chi connectivity index (χ4v) is 5.32. The van der Waals surface area contributed by atoms with Crippen LogP contribution in [0, 0.1) is 0 Å². The lowest BCUT2D eigenvalue weighted by molar-refractivity contribution is 0.669. The van der Waals surface area contributed by atoms with Crippen LogP contribution in [0.15, 0.2) is 174 Å². The number of hydrogen-bond acceptors (Lipinski definition) is 4. The van der Waals surface area contributed by atoms with Crippen LogP contribution >= 0.6 is 0 Å². The fraction of sp³-hybridized carbons (Fsp3) is 0. The third kappa shape index (κ3) is 4.67. The Labute approximate surface area is 325 Å². The smallest absolute Gasteiger partial charge is 0.164 e. The Bertz CT molecular complexity index is 4330. The quantitative estimate of drug-likeness (QED) is 0.183. The van der Waals surface area contributed by atoms with Gasteiger partial charge < -0.3 is 8.98 Å². The van der Waals surface area contributed by atoms with E-state index in [-0.39, 0.29) is 0 Å². The molecule has 3 heterocycles. The third-order valence-electron chi connectivity index (χ3n) is 7.50. The van der Waals surface area contributed by atoms with E-state index in [4.69, 9.17) is 31.8 Å². The molecule has 0 unspecified atom stereocenters.